The van der Waals surface area contributed by atoms with Crippen LogP contribution in [-0.2, 0) is 20.8 Å². The van der Waals surface area contributed by atoms with Gasteiger partial charge in [0.25, 0.3) is 5.56 Å². The van der Waals surface area contributed by atoms with E-state index in [1.54, 1.807) is 20.8 Å². The third kappa shape index (κ3) is 4.48. The number of carbonyl (C=O) groups excluding carboxylic acids is 2. The van der Waals surface area contributed by atoms with Crippen molar-refractivity contribution in [3.63, 3.8) is 0 Å². The summed E-state index contributed by atoms with van der Waals surface area (Å²) in [5, 5.41) is 0. The third-order valence-electron chi connectivity index (χ3n) is 2.18. The minimum Gasteiger partial charge on any atom is -0.465 e. The molecule has 1 rings (SSSR count). The van der Waals surface area contributed by atoms with Crippen LogP contribution >= 0.6 is 15.9 Å². The fourth-order valence-corrected chi connectivity index (χ4v) is 1.96. The Morgan fingerprint density at radius 2 is 1.95 bits per heavy atom. The lowest BCUT2D eigenvalue weighted by atomic mass is 10.2. The number of pyridine rings is 1. The number of rotatable bonds is 3. The summed E-state index contributed by atoms with van der Waals surface area (Å²) in [4.78, 5) is 35.3. The van der Waals surface area contributed by atoms with Gasteiger partial charge in [0.05, 0.1) is 7.11 Å². The van der Waals surface area contributed by atoms with Crippen LogP contribution in [0.15, 0.2) is 21.5 Å². The average molecular weight is 346 g/mol. The SMILES string of the molecule is COC(=O)c1cc(Br)cn(CC(=O)OC(C)(C)C)c1=O. The lowest BCUT2D eigenvalue weighted by Crippen LogP contribution is -2.32. The Morgan fingerprint density at radius 1 is 1.35 bits per heavy atom. The van der Waals surface area contributed by atoms with Crippen molar-refractivity contribution in [2.75, 3.05) is 7.11 Å². The molecule has 0 bridgehead atoms. The van der Waals surface area contributed by atoms with Gasteiger partial charge in [-0.3, -0.25) is 9.59 Å². The molecule has 0 fully saturated rings. The smallest absolute Gasteiger partial charge is 0.343 e. The molecule has 6 nitrogen and oxygen atoms in total. The quantitative estimate of drug-likeness (QED) is 0.780. The van der Waals surface area contributed by atoms with Crippen molar-refractivity contribution in [1.29, 1.82) is 0 Å². The van der Waals surface area contributed by atoms with Gasteiger partial charge in [-0.15, -0.1) is 0 Å². The Bertz CT molecular complexity index is 585. The van der Waals surface area contributed by atoms with Crippen molar-refractivity contribution in [1.82, 2.24) is 4.57 Å². The predicted octanol–water partition coefficient (Wildman–Crippen LogP) is 1.74. The van der Waals surface area contributed by atoms with Crippen molar-refractivity contribution in [3.8, 4) is 0 Å². The number of hydrogen-bond donors (Lipinski definition) is 0. The number of halogens is 1. The van der Waals surface area contributed by atoms with Crippen LogP contribution < -0.4 is 5.56 Å². The zero-order valence-electron chi connectivity index (χ0n) is 11.7. The molecule has 1 heterocycles. The maximum Gasteiger partial charge on any atom is 0.343 e. The van der Waals surface area contributed by atoms with E-state index in [0.29, 0.717) is 4.47 Å². The molecule has 0 radical (unpaired) electrons. The van der Waals surface area contributed by atoms with Crippen molar-refractivity contribution in [3.05, 3.63) is 32.7 Å². The minimum atomic E-state index is -0.755. The van der Waals surface area contributed by atoms with Crippen LogP contribution in [0, 0.1) is 0 Å². The van der Waals surface area contributed by atoms with Crippen LogP contribution in [0.25, 0.3) is 0 Å². The fourth-order valence-electron chi connectivity index (χ4n) is 1.49. The van der Waals surface area contributed by atoms with Gasteiger partial charge in [-0.05, 0) is 42.8 Å². The number of hydrogen-bond acceptors (Lipinski definition) is 5. The number of methoxy groups -OCH3 is 1. The molecule has 0 aromatic carbocycles. The molecule has 0 aliphatic rings. The van der Waals surface area contributed by atoms with E-state index in [1.807, 2.05) is 0 Å². The Balaban J connectivity index is 3.08. The molecular formula is C13H16BrNO5. The van der Waals surface area contributed by atoms with E-state index in [9.17, 15) is 14.4 Å². The van der Waals surface area contributed by atoms with Gasteiger partial charge in [-0.1, -0.05) is 0 Å². The fraction of sp³-hybridized carbons (Fsp3) is 0.462. The molecule has 0 aliphatic heterocycles. The zero-order valence-corrected chi connectivity index (χ0v) is 13.3. The molecule has 1 aromatic heterocycles. The van der Waals surface area contributed by atoms with Gasteiger partial charge in [0, 0.05) is 10.7 Å². The summed E-state index contributed by atoms with van der Waals surface area (Å²) in [7, 11) is 1.18. The molecule has 20 heavy (non-hydrogen) atoms. The van der Waals surface area contributed by atoms with E-state index in [0.717, 1.165) is 4.57 Å². The highest BCUT2D eigenvalue weighted by molar-refractivity contribution is 9.10. The first kappa shape index (κ1) is 16.4. The number of esters is 2. The van der Waals surface area contributed by atoms with Crippen molar-refractivity contribution < 1.29 is 19.1 Å². The number of ether oxygens (including phenoxy) is 2. The highest BCUT2D eigenvalue weighted by atomic mass is 79.9. The number of carbonyl (C=O) groups is 2. The first-order valence-corrected chi connectivity index (χ1v) is 6.63. The van der Waals surface area contributed by atoms with Crippen LogP contribution in [0.4, 0.5) is 0 Å². The van der Waals surface area contributed by atoms with Crippen molar-refractivity contribution in [2.24, 2.45) is 0 Å². The molecule has 0 aliphatic carbocycles. The van der Waals surface area contributed by atoms with Crippen LogP contribution in [0.2, 0.25) is 0 Å². The first-order chi connectivity index (χ1) is 9.14. The highest BCUT2D eigenvalue weighted by Crippen LogP contribution is 2.11. The topological polar surface area (TPSA) is 74.6 Å². The minimum absolute atomic E-state index is 0.148. The van der Waals surface area contributed by atoms with E-state index >= 15 is 0 Å². The molecule has 7 heteroatoms. The van der Waals surface area contributed by atoms with Crippen LogP contribution in [0.1, 0.15) is 31.1 Å². The molecule has 0 N–H and O–H groups in total. The summed E-state index contributed by atoms with van der Waals surface area (Å²) in [6, 6.07) is 1.35. The standard InChI is InChI=1S/C13H16BrNO5/c1-13(2,3)20-10(16)7-15-6-8(14)5-9(11(15)17)12(18)19-4/h5-6H,7H2,1-4H3. The van der Waals surface area contributed by atoms with E-state index in [2.05, 4.69) is 20.7 Å². The molecule has 1 aromatic rings. The molecule has 110 valence electrons. The van der Waals surface area contributed by atoms with E-state index < -0.39 is 23.1 Å². The lowest BCUT2D eigenvalue weighted by molar-refractivity contribution is -0.155. The van der Waals surface area contributed by atoms with Gasteiger partial charge in [0.2, 0.25) is 0 Å². The summed E-state index contributed by atoms with van der Waals surface area (Å²) in [5.74, 6) is -1.32. The lowest BCUT2D eigenvalue weighted by Gasteiger charge is -2.19. The zero-order chi connectivity index (χ0) is 15.5. The first-order valence-electron chi connectivity index (χ1n) is 5.84. The van der Waals surface area contributed by atoms with E-state index in [-0.39, 0.29) is 12.1 Å². The van der Waals surface area contributed by atoms with Crippen LogP contribution in [-0.4, -0.2) is 29.2 Å². The van der Waals surface area contributed by atoms with Gasteiger partial charge < -0.3 is 14.0 Å². The van der Waals surface area contributed by atoms with Crippen molar-refractivity contribution in [2.45, 2.75) is 32.9 Å². The largest absolute Gasteiger partial charge is 0.465 e. The maximum atomic E-state index is 12.1. The van der Waals surface area contributed by atoms with Crippen LogP contribution in [0.5, 0.6) is 0 Å². The highest BCUT2D eigenvalue weighted by Gasteiger charge is 2.19. The molecule has 0 atom stereocenters. The summed E-state index contributed by atoms with van der Waals surface area (Å²) in [6.07, 6.45) is 1.42. The molecule has 0 unspecified atom stereocenters. The van der Waals surface area contributed by atoms with E-state index in [1.165, 1.54) is 19.4 Å². The second-order valence-corrected chi connectivity index (χ2v) is 6.00. The maximum absolute atomic E-state index is 12.1. The molecule has 0 amide bonds. The Hall–Kier alpha value is -1.63. The molecule has 0 spiro atoms. The third-order valence-corrected chi connectivity index (χ3v) is 2.61. The van der Waals surface area contributed by atoms with Gasteiger partial charge in [0.1, 0.15) is 17.7 Å². The molecule has 0 saturated heterocycles. The summed E-state index contributed by atoms with van der Waals surface area (Å²) in [5.41, 5.74) is -1.39. The average Bonchev–Trinajstić information content (AvgIpc) is 2.29. The van der Waals surface area contributed by atoms with Gasteiger partial charge in [0.15, 0.2) is 0 Å². The van der Waals surface area contributed by atoms with Gasteiger partial charge in [-0.2, -0.15) is 0 Å². The predicted molar refractivity (Wildman–Crippen MR) is 75.6 cm³/mol. The monoisotopic (exact) mass is 345 g/mol. The number of nitrogens with zero attached hydrogens (tertiary/aromatic N) is 1. The molecular weight excluding hydrogens is 330 g/mol. The second-order valence-electron chi connectivity index (χ2n) is 5.08. The molecule has 0 saturated carbocycles. The Morgan fingerprint density at radius 3 is 2.45 bits per heavy atom. The van der Waals surface area contributed by atoms with Gasteiger partial charge >= 0.3 is 11.9 Å². The summed E-state index contributed by atoms with van der Waals surface area (Å²) < 4.78 is 11.2. The van der Waals surface area contributed by atoms with Crippen molar-refractivity contribution >= 4 is 27.9 Å². The normalized spacial score (nSPS) is 11.1. The Labute approximate surface area is 124 Å². The van der Waals surface area contributed by atoms with Crippen LogP contribution in [0.3, 0.4) is 0 Å². The Kier molecular flexibility index (Phi) is 5.10. The number of aromatic nitrogens is 1. The second kappa shape index (κ2) is 6.21. The van der Waals surface area contributed by atoms with E-state index in [4.69, 9.17) is 4.74 Å². The summed E-state index contributed by atoms with van der Waals surface area (Å²) in [6.45, 7) is 4.91. The summed E-state index contributed by atoms with van der Waals surface area (Å²) >= 11 is 3.18. The van der Waals surface area contributed by atoms with Gasteiger partial charge in [-0.25, -0.2) is 4.79 Å².